The molecule has 0 N–H and O–H groups in total. The molecule has 0 spiro atoms. The Morgan fingerprint density at radius 1 is 1.29 bits per heavy atom. The van der Waals surface area contributed by atoms with E-state index in [1.807, 2.05) is 19.1 Å². The molecule has 1 aliphatic carbocycles. The monoisotopic (exact) mass is 270 g/mol. The topological polar surface area (TPSA) is 17.1 Å². The number of benzene rings is 1. The Labute approximate surface area is 112 Å². The van der Waals surface area contributed by atoms with E-state index in [2.05, 4.69) is 0 Å². The van der Waals surface area contributed by atoms with Crippen molar-refractivity contribution < 1.29 is 4.79 Å². The first-order valence-electron chi connectivity index (χ1n) is 6.09. The van der Waals surface area contributed by atoms with Gasteiger partial charge in [-0.1, -0.05) is 42.6 Å². The second-order valence-electron chi connectivity index (χ2n) is 4.74. The summed E-state index contributed by atoms with van der Waals surface area (Å²) in [5.74, 6) is 0.352. The van der Waals surface area contributed by atoms with Gasteiger partial charge >= 0.3 is 0 Å². The highest BCUT2D eigenvalue weighted by atomic mass is 35.5. The summed E-state index contributed by atoms with van der Waals surface area (Å²) in [6.45, 7) is 2.04. The lowest BCUT2D eigenvalue weighted by Gasteiger charge is -2.41. The largest absolute Gasteiger partial charge is 0.299 e. The molecule has 17 heavy (non-hydrogen) atoms. The average molecular weight is 271 g/mol. The molecule has 0 heterocycles. The van der Waals surface area contributed by atoms with E-state index in [-0.39, 0.29) is 5.41 Å². The number of hydrogen-bond acceptors (Lipinski definition) is 1. The van der Waals surface area contributed by atoms with Crippen LogP contribution in [0.3, 0.4) is 0 Å². The zero-order chi connectivity index (χ0) is 12.5. The number of Topliss-reactive ketones (excluding diaryl/α,β-unsaturated/α-hetero) is 1. The maximum atomic E-state index is 12.3. The van der Waals surface area contributed by atoms with E-state index in [1.165, 1.54) is 0 Å². The molecule has 1 aliphatic rings. The molecule has 2 rings (SSSR count). The van der Waals surface area contributed by atoms with Crippen LogP contribution in [0.1, 0.15) is 44.6 Å². The first kappa shape index (κ1) is 12.9. The van der Waals surface area contributed by atoms with Crippen LogP contribution in [0.5, 0.6) is 0 Å². The average Bonchev–Trinajstić information content (AvgIpc) is 2.22. The Hall–Kier alpha value is -0.530. The van der Waals surface area contributed by atoms with Gasteiger partial charge in [0.15, 0.2) is 0 Å². The smallest absolute Gasteiger partial charge is 0.143 e. The molecule has 1 nitrogen and oxygen atoms in total. The minimum absolute atomic E-state index is 0.274. The summed E-state index contributed by atoms with van der Waals surface area (Å²) in [4.78, 5) is 12.3. The number of rotatable bonds is 4. The molecule has 0 amide bonds. The van der Waals surface area contributed by atoms with Gasteiger partial charge in [0.2, 0.25) is 0 Å². The second kappa shape index (κ2) is 4.99. The van der Waals surface area contributed by atoms with Crippen molar-refractivity contribution in [2.45, 2.75) is 44.4 Å². The molecule has 1 aromatic carbocycles. The van der Waals surface area contributed by atoms with Crippen molar-refractivity contribution in [3.8, 4) is 0 Å². The lowest BCUT2D eigenvalue weighted by Crippen LogP contribution is -2.42. The molecule has 1 aromatic rings. The maximum Gasteiger partial charge on any atom is 0.143 e. The molecule has 0 aliphatic heterocycles. The van der Waals surface area contributed by atoms with Gasteiger partial charge in [-0.05, 0) is 37.0 Å². The van der Waals surface area contributed by atoms with Crippen molar-refractivity contribution in [2.75, 3.05) is 0 Å². The highest BCUT2D eigenvalue weighted by Gasteiger charge is 2.44. The van der Waals surface area contributed by atoms with Crippen molar-refractivity contribution in [2.24, 2.45) is 0 Å². The van der Waals surface area contributed by atoms with Crippen LogP contribution in [0.15, 0.2) is 18.2 Å². The van der Waals surface area contributed by atoms with Crippen LogP contribution in [0.25, 0.3) is 0 Å². The van der Waals surface area contributed by atoms with Crippen LogP contribution in [0.4, 0.5) is 0 Å². The third kappa shape index (κ3) is 2.23. The van der Waals surface area contributed by atoms with Crippen molar-refractivity contribution in [1.29, 1.82) is 0 Å². The molecule has 0 aromatic heterocycles. The van der Waals surface area contributed by atoms with Gasteiger partial charge in [0.05, 0.1) is 15.5 Å². The minimum Gasteiger partial charge on any atom is -0.299 e. The zero-order valence-corrected chi connectivity index (χ0v) is 11.4. The number of ketones is 1. The van der Waals surface area contributed by atoms with Crippen LogP contribution in [0.2, 0.25) is 10.0 Å². The van der Waals surface area contributed by atoms with E-state index in [4.69, 9.17) is 23.2 Å². The van der Waals surface area contributed by atoms with Gasteiger partial charge in [-0.25, -0.2) is 0 Å². The van der Waals surface area contributed by atoms with Crippen molar-refractivity contribution in [3.05, 3.63) is 33.8 Å². The van der Waals surface area contributed by atoms with Gasteiger partial charge in [0, 0.05) is 6.42 Å². The van der Waals surface area contributed by atoms with E-state index in [0.717, 1.165) is 31.2 Å². The summed E-state index contributed by atoms with van der Waals surface area (Å²) in [5, 5.41) is 1.09. The number of carbonyl (C=O) groups excluding carboxylic acids is 1. The van der Waals surface area contributed by atoms with Crippen molar-refractivity contribution in [3.63, 3.8) is 0 Å². The third-order valence-electron chi connectivity index (χ3n) is 3.69. The Balaban J connectivity index is 2.34. The summed E-state index contributed by atoms with van der Waals surface area (Å²) in [6.07, 6.45) is 4.57. The Morgan fingerprint density at radius 3 is 2.47 bits per heavy atom. The molecule has 1 saturated carbocycles. The fourth-order valence-corrected chi connectivity index (χ4v) is 2.82. The molecule has 0 unspecified atom stereocenters. The molecular formula is C14H16Cl2O. The highest BCUT2D eigenvalue weighted by Crippen LogP contribution is 2.46. The Morgan fingerprint density at radius 2 is 2.00 bits per heavy atom. The molecule has 0 atom stereocenters. The normalized spacial score (nSPS) is 17.6. The summed E-state index contributed by atoms with van der Waals surface area (Å²) in [6, 6.07) is 5.59. The summed E-state index contributed by atoms with van der Waals surface area (Å²) >= 11 is 12.0. The molecule has 3 heteroatoms. The first-order chi connectivity index (χ1) is 8.10. The van der Waals surface area contributed by atoms with Crippen molar-refractivity contribution >= 4 is 29.0 Å². The molecule has 0 bridgehead atoms. The predicted octanol–water partition coefficient (Wildman–Crippen LogP) is 4.78. The third-order valence-corrected chi connectivity index (χ3v) is 4.43. The lowest BCUT2D eigenvalue weighted by atomic mass is 9.61. The van der Waals surface area contributed by atoms with E-state index in [9.17, 15) is 4.79 Å². The first-order valence-corrected chi connectivity index (χ1v) is 6.84. The maximum absolute atomic E-state index is 12.3. The van der Waals surface area contributed by atoms with Crippen LogP contribution in [-0.4, -0.2) is 5.78 Å². The van der Waals surface area contributed by atoms with E-state index in [0.29, 0.717) is 22.2 Å². The molecule has 92 valence electrons. The Kier molecular flexibility index (Phi) is 3.79. The number of halogens is 2. The van der Waals surface area contributed by atoms with E-state index < -0.39 is 0 Å². The van der Waals surface area contributed by atoms with Crippen molar-refractivity contribution in [1.82, 2.24) is 0 Å². The fourth-order valence-electron chi connectivity index (χ4n) is 2.52. The summed E-state index contributed by atoms with van der Waals surface area (Å²) < 4.78 is 0. The Bertz CT molecular complexity index is 436. The second-order valence-corrected chi connectivity index (χ2v) is 5.55. The van der Waals surface area contributed by atoms with Gasteiger partial charge in [0.25, 0.3) is 0 Å². The van der Waals surface area contributed by atoms with Gasteiger partial charge in [-0.15, -0.1) is 0 Å². The minimum atomic E-state index is -0.274. The van der Waals surface area contributed by atoms with Gasteiger partial charge in [0.1, 0.15) is 5.78 Å². The molecule has 0 radical (unpaired) electrons. The van der Waals surface area contributed by atoms with Gasteiger partial charge in [-0.3, -0.25) is 4.79 Å². The predicted molar refractivity (Wildman–Crippen MR) is 71.9 cm³/mol. The van der Waals surface area contributed by atoms with E-state index in [1.54, 1.807) is 6.07 Å². The molecule has 0 saturated heterocycles. The quantitative estimate of drug-likeness (QED) is 0.769. The SMILES string of the molecule is CCCC(=O)C1(c2ccc(Cl)c(Cl)c2)CCC1. The molecular weight excluding hydrogens is 255 g/mol. The number of carbonyl (C=O) groups is 1. The van der Waals surface area contributed by atoms with E-state index >= 15 is 0 Å². The summed E-state index contributed by atoms with van der Waals surface area (Å²) in [7, 11) is 0. The van der Waals surface area contributed by atoms with Crippen LogP contribution in [-0.2, 0) is 10.2 Å². The van der Waals surface area contributed by atoms with Gasteiger partial charge < -0.3 is 0 Å². The highest BCUT2D eigenvalue weighted by molar-refractivity contribution is 6.42. The van der Waals surface area contributed by atoms with Crippen LogP contribution in [0, 0.1) is 0 Å². The van der Waals surface area contributed by atoms with Crippen LogP contribution >= 0.6 is 23.2 Å². The summed E-state index contributed by atoms with van der Waals surface area (Å²) in [5.41, 5.74) is 0.765. The molecule has 1 fully saturated rings. The van der Waals surface area contributed by atoms with Gasteiger partial charge in [-0.2, -0.15) is 0 Å². The number of hydrogen-bond donors (Lipinski definition) is 0. The standard InChI is InChI=1S/C14H16Cl2O/c1-2-4-13(17)14(7-3-8-14)10-5-6-11(15)12(16)9-10/h5-6,9H,2-4,7-8H2,1H3. The lowest BCUT2D eigenvalue weighted by molar-refractivity contribution is -0.127. The zero-order valence-electron chi connectivity index (χ0n) is 9.93. The van der Waals surface area contributed by atoms with Crippen LogP contribution < -0.4 is 0 Å². The fraction of sp³-hybridized carbons (Fsp3) is 0.500.